The minimum absolute atomic E-state index is 0.121. The number of aromatic carboxylic acids is 1. The van der Waals surface area contributed by atoms with Crippen molar-refractivity contribution in [2.45, 2.75) is 19.9 Å². The Morgan fingerprint density at radius 2 is 2.12 bits per heavy atom. The van der Waals surface area contributed by atoms with E-state index >= 15 is 0 Å². The van der Waals surface area contributed by atoms with Crippen molar-refractivity contribution in [3.63, 3.8) is 0 Å². The zero-order chi connectivity index (χ0) is 11.9. The molecule has 0 saturated carbocycles. The van der Waals surface area contributed by atoms with Crippen molar-refractivity contribution in [3.8, 4) is 0 Å². The highest BCUT2D eigenvalue weighted by Gasteiger charge is 2.24. The molecule has 0 saturated heterocycles. The van der Waals surface area contributed by atoms with Crippen LogP contribution in [0.4, 0.5) is 5.82 Å². The number of fused-ring (bicyclic) bond motifs is 1. The number of carboxylic acid groups (broad SMARTS) is 1. The monoisotopic (exact) mass is 222 g/mol. The molecule has 1 aromatic rings. The Hall–Kier alpha value is -1.78. The molecule has 0 amide bonds. The van der Waals surface area contributed by atoms with Crippen LogP contribution in [0.15, 0.2) is 10.9 Å². The molecule has 1 aliphatic heterocycles. The molecule has 1 N–H and O–H groups in total. The molecule has 86 valence electrons. The smallest absolute Gasteiger partial charge is 0.339 e. The van der Waals surface area contributed by atoms with E-state index in [1.165, 1.54) is 6.07 Å². The minimum atomic E-state index is -0.977. The van der Waals surface area contributed by atoms with Crippen LogP contribution in [0.5, 0.6) is 0 Å². The van der Waals surface area contributed by atoms with Gasteiger partial charge in [0, 0.05) is 26.2 Å². The van der Waals surface area contributed by atoms with Crippen LogP contribution >= 0.6 is 0 Å². The van der Waals surface area contributed by atoms with Crippen LogP contribution in [0.25, 0.3) is 0 Å². The molecule has 0 fully saturated rings. The number of aromatic nitrogens is 1. The van der Waals surface area contributed by atoms with E-state index in [2.05, 4.69) is 0 Å². The van der Waals surface area contributed by atoms with Crippen LogP contribution in [0.3, 0.4) is 0 Å². The summed E-state index contributed by atoms with van der Waals surface area (Å²) in [4.78, 5) is 24.8. The first kappa shape index (κ1) is 10.7. The summed E-state index contributed by atoms with van der Waals surface area (Å²) in [5.74, 6) is -0.446. The van der Waals surface area contributed by atoms with Gasteiger partial charge in [0.1, 0.15) is 11.4 Å². The van der Waals surface area contributed by atoms with Gasteiger partial charge in [0.05, 0.1) is 0 Å². The van der Waals surface area contributed by atoms with E-state index < -0.39 is 5.97 Å². The largest absolute Gasteiger partial charge is 0.478 e. The molecule has 1 aliphatic rings. The highest BCUT2D eigenvalue weighted by Crippen LogP contribution is 2.24. The number of carbonyl (C=O) groups is 1. The summed E-state index contributed by atoms with van der Waals surface area (Å²) >= 11 is 0. The standard InChI is InChI=1S/C11H14N2O3/c1-7-6-8(14)13-5-3-4-12(2)10(13)9(7)11(15)16/h6H,3-5H2,1-2H3,(H,15,16). The third-order valence-electron chi connectivity index (χ3n) is 2.93. The normalized spacial score (nSPS) is 14.8. The maximum atomic E-state index is 11.7. The van der Waals surface area contributed by atoms with Crippen molar-refractivity contribution in [1.29, 1.82) is 0 Å². The molecule has 16 heavy (non-hydrogen) atoms. The molecular formula is C11H14N2O3. The maximum Gasteiger partial charge on any atom is 0.339 e. The molecule has 0 aliphatic carbocycles. The van der Waals surface area contributed by atoms with E-state index in [0.717, 1.165) is 13.0 Å². The lowest BCUT2D eigenvalue weighted by Crippen LogP contribution is -2.37. The first-order valence-corrected chi connectivity index (χ1v) is 5.21. The Morgan fingerprint density at radius 3 is 2.75 bits per heavy atom. The van der Waals surface area contributed by atoms with Crippen LogP contribution in [0, 0.1) is 6.92 Å². The summed E-state index contributed by atoms with van der Waals surface area (Å²) in [6.45, 7) is 3.04. The lowest BCUT2D eigenvalue weighted by molar-refractivity contribution is 0.0695. The van der Waals surface area contributed by atoms with Gasteiger partial charge in [-0.25, -0.2) is 4.79 Å². The van der Waals surface area contributed by atoms with E-state index in [9.17, 15) is 14.7 Å². The molecule has 1 aromatic heterocycles. The van der Waals surface area contributed by atoms with Crippen molar-refractivity contribution < 1.29 is 9.90 Å². The van der Waals surface area contributed by atoms with Crippen LogP contribution in [-0.4, -0.2) is 29.2 Å². The maximum absolute atomic E-state index is 11.7. The number of nitrogens with zero attached hydrogens (tertiary/aromatic N) is 2. The Labute approximate surface area is 92.9 Å². The summed E-state index contributed by atoms with van der Waals surface area (Å²) in [5, 5.41) is 9.19. The Bertz CT molecular complexity index is 505. The van der Waals surface area contributed by atoms with Crippen LogP contribution in [-0.2, 0) is 6.54 Å². The molecule has 5 nitrogen and oxygen atoms in total. The SMILES string of the molecule is Cc1cc(=O)n2c(c1C(=O)O)N(C)CCC2. The molecular weight excluding hydrogens is 208 g/mol. The first-order valence-electron chi connectivity index (χ1n) is 5.21. The van der Waals surface area contributed by atoms with Gasteiger partial charge in [0.2, 0.25) is 0 Å². The molecule has 2 heterocycles. The van der Waals surface area contributed by atoms with Crippen molar-refractivity contribution in [3.05, 3.63) is 27.5 Å². The number of carboxylic acids is 1. The van der Waals surface area contributed by atoms with E-state index in [-0.39, 0.29) is 11.1 Å². The minimum Gasteiger partial charge on any atom is -0.478 e. The summed E-state index contributed by atoms with van der Waals surface area (Å²) in [7, 11) is 1.82. The average molecular weight is 222 g/mol. The van der Waals surface area contributed by atoms with Gasteiger partial charge in [-0.1, -0.05) is 0 Å². The van der Waals surface area contributed by atoms with Gasteiger partial charge in [-0.05, 0) is 18.9 Å². The van der Waals surface area contributed by atoms with Crippen LogP contribution in [0.2, 0.25) is 0 Å². The zero-order valence-corrected chi connectivity index (χ0v) is 9.36. The predicted octanol–water partition coefficient (Wildman–Crippen LogP) is 0.695. The number of hydrogen-bond acceptors (Lipinski definition) is 3. The fraction of sp³-hybridized carbons (Fsp3) is 0.455. The highest BCUT2D eigenvalue weighted by atomic mass is 16.4. The van der Waals surface area contributed by atoms with Gasteiger partial charge in [0.15, 0.2) is 0 Å². The number of anilines is 1. The topological polar surface area (TPSA) is 62.5 Å². The molecule has 0 radical (unpaired) electrons. The third kappa shape index (κ3) is 1.48. The van der Waals surface area contributed by atoms with E-state index in [1.807, 2.05) is 11.9 Å². The molecule has 0 atom stereocenters. The summed E-state index contributed by atoms with van der Waals surface area (Å²) in [6.07, 6.45) is 0.867. The second kappa shape index (κ2) is 3.66. The fourth-order valence-corrected chi connectivity index (χ4v) is 2.20. The van der Waals surface area contributed by atoms with E-state index in [0.29, 0.717) is 17.9 Å². The van der Waals surface area contributed by atoms with Crippen molar-refractivity contribution in [2.24, 2.45) is 0 Å². The van der Waals surface area contributed by atoms with Gasteiger partial charge in [0.25, 0.3) is 5.56 Å². The molecule has 2 rings (SSSR count). The van der Waals surface area contributed by atoms with Crippen molar-refractivity contribution >= 4 is 11.8 Å². The number of pyridine rings is 1. The van der Waals surface area contributed by atoms with E-state index in [1.54, 1.807) is 11.5 Å². The fourth-order valence-electron chi connectivity index (χ4n) is 2.20. The van der Waals surface area contributed by atoms with Gasteiger partial charge < -0.3 is 10.0 Å². The summed E-state index contributed by atoms with van der Waals surface area (Å²) < 4.78 is 1.54. The molecule has 0 bridgehead atoms. The highest BCUT2D eigenvalue weighted by molar-refractivity contribution is 5.95. The van der Waals surface area contributed by atoms with Crippen molar-refractivity contribution in [2.75, 3.05) is 18.5 Å². The predicted molar refractivity (Wildman–Crippen MR) is 60.3 cm³/mol. The Morgan fingerprint density at radius 1 is 1.44 bits per heavy atom. The lowest BCUT2D eigenvalue weighted by Gasteiger charge is -2.30. The Balaban J connectivity index is 2.79. The van der Waals surface area contributed by atoms with Gasteiger partial charge >= 0.3 is 5.97 Å². The second-order valence-corrected chi connectivity index (χ2v) is 4.10. The van der Waals surface area contributed by atoms with Gasteiger partial charge in [-0.15, -0.1) is 0 Å². The average Bonchev–Trinajstić information content (AvgIpc) is 2.19. The number of rotatable bonds is 1. The van der Waals surface area contributed by atoms with Crippen LogP contribution < -0.4 is 10.5 Å². The lowest BCUT2D eigenvalue weighted by atomic mass is 10.1. The number of hydrogen-bond donors (Lipinski definition) is 1. The molecule has 0 unspecified atom stereocenters. The third-order valence-corrected chi connectivity index (χ3v) is 2.93. The molecule has 0 spiro atoms. The molecule has 5 heteroatoms. The van der Waals surface area contributed by atoms with Crippen molar-refractivity contribution in [1.82, 2.24) is 4.57 Å². The quantitative estimate of drug-likeness (QED) is 0.759. The summed E-state index contributed by atoms with van der Waals surface area (Å²) in [6, 6.07) is 1.39. The van der Waals surface area contributed by atoms with Crippen LogP contribution in [0.1, 0.15) is 22.3 Å². The second-order valence-electron chi connectivity index (χ2n) is 4.10. The summed E-state index contributed by atoms with van der Waals surface area (Å²) in [5.41, 5.74) is 0.642. The van der Waals surface area contributed by atoms with Gasteiger partial charge in [-0.3, -0.25) is 9.36 Å². The Kier molecular flexibility index (Phi) is 2.46. The number of aryl methyl sites for hydroxylation is 1. The first-order chi connectivity index (χ1) is 7.52. The van der Waals surface area contributed by atoms with E-state index in [4.69, 9.17) is 0 Å². The zero-order valence-electron chi connectivity index (χ0n) is 9.36. The van der Waals surface area contributed by atoms with Gasteiger partial charge in [-0.2, -0.15) is 0 Å². The molecule has 0 aromatic carbocycles.